The average Bonchev–Trinajstić information content (AvgIpc) is 3.44. The van der Waals surface area contributed by atoms with Crippen LogP contribution in [0.5, 0.6) is 0 Å². The number of hydrogen-bond donors (Lipinski definition) is 1. The van der Waals surface area contributed by atoms with E-state index in [2.05, 4.69) is 5.32 Å². The number of carbonyl (C=O) groups is 2. The first kappa shape index (κ1) is 17.4. The van der Waals surface area contributed by atoms with Gasteiger partial charge in [0.15, 0.2) is 0 Å². The third kappa shape index (κ3) is 2.98. The minimum Gasteiger partial charge on any atom is -0.375 e. The van der Waals surface area contributed by atoms with Gasteiger partial charge in [-0.15, -0.1) is 0 Å². The maximum absolute atomic E-state index is 14.2. The lowest BCUT2D eigenvalue weighted by atomic mass is 10.0. The molecule has 1 N–H and O–H groups in total. The zero-order valence-corrected chi connectivity index (χ0v) is 15.4. The van der Waals surface area contributed by atoms with Gasteiger partial charge in [-0.05, 0) is 48.9 Å². The highest BCUT2D eigenvalue weighted by Gasteiger charge is 2.45. The predicted octanol–water partition coefficient (Wildman–Crippen LogP) is 3.45. The molecule has 0 aromatic heterocycles. The smallest absolute Gasteiger partial charge is 0.256 e. The van der Waals surface area contributed by atoms with Crippen LogP contribution >= 0.6 is 0 Å². The summed E-state index contributed by atoms with van der Waals surface area (Å²) in [5.74, 6) is -0.183. The van der Waals surface area contributed by atoms with Gasteiger partial charge in [0, 0.05) is 18.7 Å². The number of benzene rings is 2. The van der Waals surface area contributed by atoms with Gasteiger partial charge in [0.25, 0.3) is 5.91 Å². The largest absolute Gasteiger partial charge is 0.375 e. The van der Waals surface area contributed by atoms with Gasteiger partial charge < -0.3 is 15.0 Å². The van der Waals surface area contributed by atoms with E-state index in [0.717, 1.165) is 0 Å². The molecule has 0 bridgehead atoms. The Bertz CT molecular complexity index is 957. The molecule has 5 nitrogen and oxygen atoms in total. The molecule has 144 valence electrons. The van der Waals surface area contributed by atoms with Crippen molar-refractivity contribution >= 4 is 17.5 Å². The summed E-state index contributed by atoms with van der Waals surface area (Å²) in [6.07, 6.45) is 2.73. The van der Waals surface area contributed by atoms with Gasteiger partial charge >= 0.3 is 0 Å². The zero-order valence-electron chi connectivity index (χ0n) is 15.4. The fraction of sp³-hybridized carbons (Fsp3) is 0.364. The van der Waals surface area contributed by atoms with Crippen molar-refractivity contribution in [3.05, 3.63) is 53.8 Å². The summed E-state index contributed by atoms with van der Waals surface area (Å²) in [5, 5.41) is 2.88. The Morgan fingerprint density at radius 1 is 1.07 bits per heavy atom. The number of anilines is 1. The first-order valence-corrected chi connectivity index (χ1v) is 9.74. The van der Waals surface area contributed by atoms with Crippen molar-refractivity contribution < 1.29 is 18.7 Å². The first-order chi connectivity index (χ1) is 13.6. The molecule has 3 aliphatic rings. The van der Waals surface area contributed by atoms with Crippen LogP contribution in [0.1, 0.15) is 29.6 Å². The van der Waals surface area contributed by atoms with Crippen LogP contribution in [0.15, 0.2) is 42.5 Å². The molecule has 2 aromatic carbocycles. The highest BCUT2D eigenvalue weighted by molar-refractivity contribution is 6.11. The van der Waals surface area contributed by atoms with Gasteiger partial charge in [0.1, 0.15) is 11.9 Å². The van der Waals surface area contributed by atoms with E-state index in [-0.39, 0.29) is 23.7 Å². The second kappa shape index (κ2) is 6.71. The maximum Gasteiger partial charge on any atom is 0.256 e. The van der Waals surface area contributed by atoms with Crippen molar-refractivity contribution in [2.45, 2.75) is 31.4 Å². The Morgan fingerprint density at radius 2 is 1.89 bits per heavy atom. The molecule has 2 heterocycles. The molecule has 2 unspecified atom stereocenters. The van der Waals surface area contributed by atoms with E-state index in [0.29, 0.717) is 47.9 Å². The molecule has 2 amide bonds. The molecule has 5 rings (SSSR count). The monoisotopic (exact) mass is 380 g/mol. The van der Waals surface area contributed by atoms with E-state index >= 15 is 0 Å². The summed E-state index contributed by atoms with van der Waals surface area (Å²) in [5.41, 5.74) is 1.89. The van der Waals surface area contributed by atoms with Gasteiger partial charge in [-0.3, -0.25) is 9.59 Å². The van der Waals surface area contributed by atoms with Crippen LogP contribution in [-0.4, -0.2) is 42.0 Å². The van der Waals surface area contributed by atoms with Gasteiger partial charge in [-0.2, -0.15) is 0 Å². The van der Waals surface area contributed by atoms with E-state index in [1.165, 1.54) is 18.9 Å². The normalized spacial score (nSPS) is 23.8. The predicted molar refractivity (Wildman–Crippen MR) is 102 cm³/mol. The van der Waals surface area contributed by atoms with Crippen LogP contribution in [0.3, 0.4) is 0 Å². The standard InChI is InChI=1S/C22H21FN2O3/c23-17-4-2-1-3-15(17)14-7-8-18-16(11-14)22(27)25-10-9-19(20(25)21(26)24-18)28-12-13-5-6-13/h1-4,7-8,11,13,19-20H,5-6,9-10,12H2,(H,24,26). The van der Waals surface area contributed by atoms with Crippen LogP contribution < -0.4 is 5.32 Å². The second-order valence-corrected chi connectivity index (χ2v) is 7.78. The number of hydrogen-bond acceptors (Lipinski definition) is 3. The van der Waals surface area contributed by atoms with E-state index in [4.69, 9.17) is 4.74 Å². The van der Waals surface area contributed by atoms with Crippen molar-refractivity contribution in [2.75, 3.05) is 18.5 Å². The van der Waals surface area contributed by atoms with Gasteiger partial charge in [-0.1, -0.05) is 24.3 Å². The van der Waals surface area contributed by atoms with Gasteiger partial charge in [0.2, 0.25) is 5.91 Å². The van der Waals surface area contributed by atoms with Crippen LogP contribution in [0, 0.1) is 11.7 Å². The molecule has 28 heavy (non-hydrogen) atoms. The molecule has 2 aromatic rings. The molecule has 1 saturated carbocycles. The number of ether oxygens (including phenoxy) is 1. The number of nitrogens with zero attached hydrogens (tertiary/aromatic N) is 1. The molecule has 2 atom stereocenters. The van der Waals surface area contributed by atoms with Gasteiger partial charge in [-0.25, -0.2) is 4.39 Å². The van der Waals surface area contributed by atoms with Crippen molar-refractivity contribution in [3.8, 4) is 11.1 Å². The minimum absolute atomic E-state index is 0.214. The van der Waals surface area contributed by atoms with E-state index in [9.17, 15) is 14.0 Å². The van der Waals surface area contributed by atoms with Gasteiger partial charge in [0.05, 0.1) is 17.4 Å². The number of fused-ring (bicyclic) bond motifs is 2. The number of nitrogens with one attached hydrogen (secondary N) is 1. The Hall–Kier alpha value is -2.73. The minimum atomic E-state index is -0.615. The summed E-state index contributed by atoms with van der Waals surface area (Å²) in [6, 6.07) is 10.9. The first-order valence-electron chi connectivity index (χ1n) is 9.74. The Kier molecular flexibility index (Phi) is 4.16. The molecule has 0 radical (unpaired) electrons. The maximum atomic E-state index is 14.2. The SMILES string of the molecule is O=C1Nc2ccc(-c3ccccc3F)cc2C(=O)N2CCC(OCC3CC3)C12. The molecule has 0 spiro atoms. The highest BCUT2D eigenvalue weighted by Crippen LogP contribution is 2.35. The quantitative estimate of drug-likeness (QED) is 0.884. The third-order valence-electron chi connectivity index (χ3n) is 5.81. The summed E-state index contributed by atoms with van der Waals surface area (Å²) < 4.78 is 20.2. The van der Waals surface area contributed by atoms with Crippen LogP contribution in [0.2, 0.25) is 0 Å². The number of carbonyl (C=O) groups excluding carboxylic acids is 2. The molecule has 6 heteroatoms. The lowest BCUT2D eigenvalue weighted by Crippen LogP contribution is -2.46. The fourth-order valence-electron chi connectivity index (χ4n) is 4.08. The lowest BCUT2D eigenvalue weighted by molar-refractivity contribution is -0.123. The van der Waals surface area contributed by atoms with Crippen molar-refractivity contribution in [1.29, 1.82) is 0 Å². The number of halogens is 1. The molecule has 2 aliphatic heterocycles. The topological polar surface area (TPSA) is 58.6 Å². The fourth-order valence-corrected chi connectivity index (χ4v) is 4.08. The lowest BCUT2D eigenvalue weighted by Gasteiger charge is -2.24. The van der Waals surface area contributed by atoms with E-state index in [1.807, 2.05) is 0 Å². The summed E-state index contributed by atoms with van der Waals surface area (Å²) in [7, 11) is 0. The number of amides is 2. The molecule has 2 fully saturated rings. The van der Waals surface area contributed by atoms with Crippen LogP contribution in [0.25, 0.3) is 11.1 Å². The zero-order chi connectivity index (χ0) is 19.3. The number of rotatable bonds is 4. The Morgan fingerprint density at radius 3 is 2.68 bits per heavy atom. The Balaban J connectivity index is 1.47. The third-order valence-corrected chi connectivity index (χ3v) is 5.81. The van der Waals surface area contributed by atoms with Crippen molar-refractivity contribution in [2.24, 2.45) is 5.92 Å². The summed E-state index contributed by atoms with van der Waals surface area (Å²) in [4.78, 5) is 27.7. The van der Waals surface area contributed by atoms with Crippen molar-refractivity contribution in [1.82, 2.24) is 4.90 Å². The van der Waals surface area contributed by atoms with Crippen LogP contribution in [0.4, 0.5) is 10.1 Å². The summed E-state index contributed by atoms with van der Waals surface area (Å²) >= 11 is 0. The molecular formula is C22H21FN2O3. The molecule has 1 saturated heterocycles. The Labute approximate surface area is 162 Å². The van der Waals surface area contributed by atoms with Crippen molar-refractivity contribution in [3.63, 3.8) is 0 Å². The van der Waals surface area contributed by atoms with Crippen LogP contribution in [-0.2, 0) is 9.53 Å². The average molecular weight is 380 g/mol. The van der Waals surface area contributed by atoms with E-state index < -0.39 is 6.04 Å². The second-order valence-electron chi connectivity index (χ2n) is 7.78. The summed E-state index contributed by atoms with van der Waals surface area (Å²) in [6.45, 7) is 1.14. The van der Waals surface area contributed by atoms with E-state index in [1.54, 1.807) is 41.3 Å². The highest BCUT2D eigenvalue weighted by atomic mass is 19.1. The molecule has 1 aliphatic carbocycles. The molecular weight excluding hydrogens is 359 g/mol.